The first-order chi connectivity index (χ1) is 6.99. The van der Waals surface area contributed by atoms with Crippen molar-refractivity contribution < 1.29 is 0 Å². The summed E-state index contributed by atoms with van der Waals surface area (Å²) in [7, 11) is 0. The number of hydrogen-bond donors (Lipinski definition) is 0. The molecule has 0 spiro atoms. The first kappa shape index (κ1) is 10.2. The molecule has 86 valence electrons. The molecular formula is C15H26. The van der Waals surface area contributed by atoms with Crippen LogP contribution in [0.4, 0.5) is 0 Å². The van der Waals surface area contributed by atoms with E-state index in [0.717, 1.165) is 23.7 Å². The van der Waals surface area contributed by atoms with Crippen LogP contribution < -0.4 is 0 Å². The summed E-state index contributed by atoms with van der Waals surface area (Å²) >= 11 is 0. The van der Waals surface area contributed by atoms with Gasteiger partial charge in [-0.15, -0.1) is 0 Å². The van der Waals surface area contributed by atoms with Crippen LogP contribution in [0.3, 0.4) is 0 Å². The quantitative estimate of drug-likeness (QED) is 0.593. The zero-order valence-corrected chi connectivity index (χ0v) is 10.8. The monoisotopic (exact) mass is 206 g/mol. The molecule has 0 heteroatoms. The molecule has 0 aromatic heterocycles. The molecular weight excluding hydrogens is 180 g/mol. The van der Waals surface area contributed by atoms with Gasteiger partial charge in [-0.05, 0) is 60.2 Å². The van der Waals surface area contributed by atoms with Crippen LogP contribution in [0.1, 0.15) is 59.8 Å². The zero-order chi connectivity index (χ0) is 10.8. The molecule has 3 aliphatic carbocycles. The second-order valence-electron chi connectivity index (χ2n) is 7.36. The van der Waals surface area contributed by atoms with Gasteiger partial charge in [0.25, 0.3) is 0 Å². The summed E-state index contributed by atoms with van der Waals surface area (Å²) in [5.74, 6) is 4.18. The highest BCUT2D eigenvalue weighted by Gasteiger charge is 2.66. The normalized spacial score (nSPS) is 57.8. The van der Waals surface area contributed by atoms with E-state index in [-0.39, 0.29) is 0 Å². The van der Waals surface area contributed by atoms with Crippen molar-refractivity contribution in [3.63, 3.8) is 0 Å². The van der Waals surface area contributed by atoms with Gasteiger partial charge in [0.05, 0.1) is 0 Å². The van der Waals surface area contributed by atoms with Crippen molar-refractivity contribution in [1.82, 2.24) is 0 Å². The minimum absolute atomic E-state index is 0.642. The van der Waals surface area contributed by atoms with E-state index in [2.05, 4.69) is 27.7 Å². The number of fused-ring (bicyclic) bond motifs is 5. The second-order valence-corrected chi connectivity index (χ2v) is 7.36. The van der Waals surface area contributed by atoms with Crippen molar-refractivity contribution in [2.75, 3.05) is 0 Å². The molecule has 3 aliphatic rings. The molecule has 3 saturated carbocycles. The second kappa shape index (κ2) is 2.81. The number of hydrogen-bond acceptors (Lipinski definition) is 0. The van der Waals surface area contributed by atoms with E-state index in [1.807, 2.05) is 0 Å². The smallest absolute Gasteiger partial charge is 0.0236 e. The van der Waals surface area contributed by atoms with Crippen molar-refractivity contribution in [1.29, 1.82) is 0 Å². The molecule has 0 saturated heterocycles. The Hall–Kier alpha value is 0. The predicted molar refractivity (Wildman–Crippen MR) is 64.6 cm³/mol. The SMILES string of the molecule is CC(C)[C@@]1(C)CC2CC1(C)C1CCCC21. The minimum atomic E-state index is 0.642. The molecule has 0 aromatic carbocycles. The van der Waals surface area contributed by atoms with E-state index in [9.17, 15) is 0 Å². The Morgan fingerprint density at radius 3 is 2.47 bits per heavy atom. The molecule has 0 aliphatic heterocycles. The molecule has 0 N–H and O–H groups in total. The first-order valence-electron chi connectivity index (χ1n) is 6.99. The molecule has 2 bridgehead atoms. The topological polar surface area (TPSA) is 0 Å². The van der Waals surface area contributed by atoms with Gasteiger partial charge in [0.15, 0.2) is 0 Å². The highest BCUT2D eigenvalue weighted by molar-refractivity contribution is 5.15. The van der Waals surface area contributed by atoms with Crippen LogP contribution in [0.2, 0.25) is 0 Å². The van der Waals surface area contributed by atoms with Crippen molar-refractivity contribution >= 4 is 0 Å². The van der Waals surface area contributed by atoms with Gasteiger partial charge in [-0.2, -0.15) is 0 Å². The Morgan fingerprint density at radius 2 is 1.80 bits per heavy atom. The largest absolute Gasteiger partial charge is 0.0622 e. The third-order valence-corrected chi connectivity index (χ3v) is 6.94. The Kier molecular flexibility index (Phi) is 1.91. The number of rotatable bonds is 1. The zero-order valence-electron chi connectivity index (χ0n) is 10.8. The summed E-state index contributed by atoms with van der Waals surface area (Å²) in [5.41, 5.74) is 1.33. The van der Waals surface area contributed by atoms with Crippen LogP contribution in [-0.4, -0.2) is 0 Å². The summed E-state index contributed by atoms with van der Waals surface area (Å²) < 4.78 is 0. The fourth-order valence-electron chi connectivity index (χ4n) is 5.74. The summed E-state index contributed by atoms with van der Waals surface area (Å²) in [4.78, 5) is 0. The Morgan fingerprint density at radius 1 is 1.07 bits per heavy atom. The third-order valence-electron chi connectivity index (χ3n) is 6.94. The molecule has 0 amide bonds. The van der Waals surface area contributed by atoms with Crippen LogP contribution in [0.5, 0.6) is 0 Å². The molecule has 0 radical (unpaired) electrons. The molecule has 0 heterocycles. The van der Waals surface area contributed by atoms with Gasteiger partial charge in [0.2, 0.25) is 0 Å². The van der Waals surface area contributed by atoms with Gasteiger partial charge >= 0.3 is 0 Å². The van der Waals surface area contributed by atoms with Crippen LogP contribution in [0.15, 0.2) is 0 Å². The van der Waals surface area contributed by atoms with Gasteiger partial charge in [0, 0.05) is 0 Å². The average Bonchev–Trinajstić information content (AvgIpc) is 2.75. The average molecular weight is 206 g/mol. The summed E-state index contributed by atoms with van der Waals surface area (Å²) in [6.07, 6.45) is 7.70. The first-order valence-corrected chi connectivity index (χ1v) is 6.99. The lowest BCUT2D eigenvalue weighted by Gasteiger charge is -2.51. The van der Waals surface area contributed by atoms with Crippen molar-refractivity contribution in [2.24, 2.45) is 34.5 Å². The maximum Gasteiger partial charge on any atom is -0.0236 e. The molecule has 0 nitrogen and oxygen atoms in total. The van der Waals surface area contributed by atoms with Gasteiger partial charge in [-0.3, -0.25) is 0 Å². The summed E-state index contributed by atoms with van der Waals surface area (Å²) in [6.45, 7) is 10.1. The van der Waals surface area contributed by atoms with E-state index in [4.69, 9.17) is 0 Å². The lowest BCUT2D eigenvalue weighted by atomic mass is 9.54. The fourth-order valence-corrected chi connectivity index (χ4v) is 5.74. The van der Waals surface area contributed by atoms with E-state index in [1.165, 1.54) is 12.8 Å². The third kappa shape index (κ3) is 0.996. The highest BCUT2D eigenvalue weighted by Crippen LogP contribution is 2.74. The van der Waals surface area contributed by atoms with E-state index >= 15 is 0 Å². The van der Waals surface area contributed by atoms with Gasteiger partial charge in [-0.1, -0.05) is 34.1 Å². The van der Waals surface area contributed by atoms with Crippen LogP contribution in [-0.2, 0) is 0 Å². The van der Waals surface area contributed by atoms with E-state index < -0.39 is 0 Å². The van der Waals surface area contributed by atoms with Crippen molar-refractivity contribution in [3.05, 3.63) is 0 Å². The Labute approximate surface area is 94.8 Å². The van der Waals surface area contributed by atoms with E-state index in [0.29, 0.717) is 10.8 Å². The molecule has 15 heavy (non-hydrogen) atoms. The van der Waals surface area contributed by atoms with Crippen molar-refractivity contribution in [3.8, 4) is 0 Å². The van der Waals surface area contributed by atoms with Crippen molar-refractivity contribution in [2.45, 2.75) is 59.8 Å². The van der Waals surface area contributed by atoms with E-state index in [1.54, 1.807) is 19.3 Å². The maximum absolute atomic E-state index is 2.63. The molecule has 3 fully saturated rings. The maximum atomic E-state index is 2.63. The molecule has 5 atom stereocenters. The Bertz CT molecular complexity index is 280. The van der Waals surface area contributed by atoms with Crippen LogP contribution in [0.25, 0.3) is 0 Å². The lowest BCUT2D eigenvalue weighted by molar-refractivity contribution is -0.0233. The molecule has 0 aromatic rings. The summed E-state index contributed by atoms with van der Waals surface area (Å²) in [6, 6.07) is 0. The minimum Gasteiger partial charge on any atom is -0.0622 e. The predicted octanol–water partition coefficient (Wildman–Crippen LogP) is 4.49. The molecule has 3 rings (SSSR count). The van der Waals surface area contributed by atoms with Gasteiger partial charge < -0.3 is 0 Å². The highest BCUT2D eigenvalue weighted by atomic mass is 14.7. The lowest BCUT2D eigenvalue weighted by Crippen LogP contribution is -2.44. The standard InChI is InChI=1S/C15H26/c1-10(2)14(3)8-11-9-15(14,4)13-7-5-6-12(11)13/h10-13H,5-9H2,1-4H3/t11?,12?,13?,14-,15?/m1/s1. The van der Waals surface area contributed by atoms with Crippen LogP contribution >= 0.6 is 0 Å². The fraction of sp³-hybridized carbons (Fsp3) is 1.00. The van der Waals surface area contributed by atoms with Gasteiger partial charge in [-0.25, -0.2) is 0 Å². The molecule has 4 unspecified atom stereocenters. The summed E-state index contributed by atoms with van der Waals surface area (Å²) in [5, 5.41) is 0. The Balaban J connectivity index is 2.00. The van der Waals surface area contributed by atoms with Gasteiger partial charge in [0.1, 0.15) is 0 Å². The van der Waals surface area contributed by atoms with Crippen LogP contribution in [0, 0.1) is 34.5 Å².